The highest BCUT2D eigenvalue weighted by Gasteiger charge is 2.31. The van der Waals surface area contributed by atoms with Crippen molar-refractivity contribution >= 4 is 17.8 Å². The number of nitrogens with zero attached hydrogens (tertiary/aromatic N) is 1. The van der Waals surface area contributed by atoms with Crippen molar-refractivity contribution in [3.63, 3.8) is 0 Å². The summed E-state index contributed by atoms with van der Waals surface area (Å²) in [5.41, 5.74) is 0.598. The number of carbonyl (C=O) groups is 3. The van der Waals surface area contributed by atoms with E-state index in [2.05, 4.69) is 5.32 Å². The van der Waals surface area contributed by atoms with Crippen LogP contribution in [0.2, 0.25) is 0 Å². The maximum atomic E-state index is 13.6. The summed E-state index contributed by atoms with van der Waals surface area (Å²) in [6, 6.07) is 8.06. The highest BCUT2D eigenvalue weighted by molar-refractivity contribution is 5.94. The Morgan fingerprint density at radius 2 is 1.85 bits per heavy atom. The summed E-state index contributed by atoms with van der Waals surface area (Å²) in [7, 11) is 0. The molecule has 2 aliphatic heterocycles. The molecular formula is C24H24F2N2O6. The van der Waals surface area contributed by atoms with Crippen LogP contribution in [0.25, 0.3) is 0 Å². The van der Waals surface area contributed by atoms with Gasteiger partial charge in [0.15, 0.2) is 18.1 Å². The van der Waals surface area contributed by atoms with Gasteiger partial charge in [0.05, 0.1) is 18.0 Å². The van der Waals surface area contributed by atoms with E-state index in [1.165, 1.54) is 0 Å². The van der Waals surface area contributed by atoms with Crippen LogP contribution >= 0.6 is 0 Å². The molecule has 2 aromatic rings. The molecule has 2 aliphatic rings. The zero-order valence-electron chi connectivity index (χ0n) is 18.4. The van der Waals surface area contributed by atoms with Crippen LogP contribution in [0, 0.1) is 11.6 Å². The van der Waals surface area contributed by atoms with Crippen molar-refractivity contribution in [2.75, 3.05) is 32.9 Å². The average Bonchev–Trinajstić information content (AvgIpc) is 3.32. The van der Waals surface area contributed by atoms with E-state index in [1.807, 2.05) is 18.2 Å². The third-order valence-electron chi connectivity index (χ3n) is 5.67. The van der Waals surface area contributed by atoms with Gasteiger partial charge in [-0.15, -0.1) is 0 Å². The zero-order chi connectivity index (χ0) is 24.1. The van der Waals surface area contributed by atoms with E-state index in [0.717, 1.165) is 30.5 Å². The maximum Gasteiger partial charge on any atom is 0.308 e. The number of esters is 1. The van der Waals surface area contributed by atoms with Crippen LogP contribution in [-0.4, -0.2) is 55.6 Å². The Labute approximate surface area is 194 Å². The molecule has 0 saturated carbocycles. The van der Waals surface area contributed by atoms with E-state index in [0.29, 0.717) is 37.3 Å². The van der Waals surface area contributed by atoms with E-state index in [1.54, 1.807) is 4.90 Å². The fraction of sp³-hybridized carbons (Fsp3) is 0.375. The number of rotatable bonds is 7. The van der Waals surface area contributed by atoms with Crippen molar-refractivity contribution in [1.82, 2.24) is 10.2 Å². The second kappa shape index (κ2) is 10.5. The second-order valence-corrected chi connectivity index (χ2v) is 7.94. The van der Waals surface area contributed by atoms with Gasteiger partial charge >= 0.3 is 5.97 Å². The van der Waals surface area contributed by atoms with Gasteiger partial charge in [-0.05, 0) is 42.7 Å². The molecule has 0 bridgehead atoms. The molecule has 1 fully saturated rings. The van der Waals surface area contributed by atoms with Crippen LogP contribution in [0.4, 0.5) is 8.78 Å². The van der Waals surface area contributed by atoms with Crippen molar-refractivity contribution < 1.29 is 37.4 Å². The molecule has 2 aromatic carbocycles. The number of benzene rings is 2. The molecule has 180 valence electrons. The monoisotopic (exact) mass is 474 g/mol. The molecule has 2 heterocycles. The molecule has 8 nitrogen and oxygen atoms in total. The van der Waals surface area contributed by atoms with Gasteiger partial charge < -0.3 is 24.4 Å². The molecule has 34 heavy (non-hydrogen) atoms. The Morgan fingerprint density at radius 1 is 1.06 bits per heavy atom. The highest BCUT2D eigenvalue weighted by atomic mass is 19.1. The van der Waals surface area contributed by atoms with Crippen LogP contribution in [0.1, 0.15) is 41.2 Å². The Morgan fingerprint density at radius 3 is 2.65 bits per heavy atom. The predicted molar refractivity (Wildman–Crippen MR) is 115 cm³/mol. The Hall–Kier alpha value is -3.69. The lowest BCUT2D eigenvalue weighted by molar-refractivity contribution is -0.152. The van der Waals surface area contributed by atoms with Crippen molar-refractivity contribution in [1.29, 1.82) is 0 Å². The summed E-state index contributed by atoms with van der Waals surface area (Å²) in [5.74, 6) is -2.24. The first-order chi connectivity index (χ1) is 16.4. The minimum absolute atomic E-state index is 0.119. The van der Waals surface area contributed by atoms with Gasteiger partial charge in [0.25, 0.3) is 11.8 Å². The molecule has 2 amide bonds. The lowest BCUT2D eigenvalue weighted by atomic mass is 10.0. The van der Waals surface area contributed by atoms with Crippen LogP contribution in [0.5, 0.6) is 11.5 Å². The lowest BCUT2D eigenvalue weighted by Crippen LogP contribution is -2.34. The van der Waals surface area contributed by atoms with Gasteiger partial charge in [-0.2, -0.15) is 0 Å². The molecule has 1 atom stereocenters. The molecule has 0 radical (unpaired) electrons. The topological polar surface area (TPSA) is 94.2 Å². The largest absolute Gasteiger partial charge is 0.486 e. The van der Waals surface area contributed by atoms with Crippen LogP contribution in [0.15, 0.2) is 36.4 Å². The summed E-state index contributed by atoms with van der Waals surface area (Å²) in [6.45, 7) is 0.985. The van der Waals surface area contributed by atoms with Gasteiger partial charge in [-0.3, -0.25) is 14.4 Å². The quantitative estimate of drug-likeness (QED) is 0.621. The Balaban J connectivity index is 1.24. The van der Waals surface area contributed by atoms with E-state index in [-0.39, 0.29) is 30.5 Å². The van der Waals surface area contributed by atoms with E-state index < -0.39 is 30.1 Å². The number of carbonyl (C=O) groups excluding carboxylic acids is 3. The first-order valence-electron chi connectivity index (χ1n) is 11.0. The van der Waals surface area contributed by atoms with Gasteiger partial charge in [-0.1, -0.05) is 6.07 Å². The van der Waals surface area contributed by atoms with Gasteiger partial charge in [0.2, 0.25) is 0 Å². The molecule has 1 saturated heterocycles. The number of likely N-dealkylation sites (tertiary alicyclic amines) is 1. The number of ether oxygens (including phenoxy) is 3. The smallest absolute Gasteiger partial charge is 0.308 e. The molecular weight excluding hydrogens is 450 g/mol. The molecule has 0 aromatic heterocycles. The van der Waals surface area contributed by atoms with Crippen LogP contribution < -0.4 is 14.8 Å². The molecule has 10 heteroatoms. The van der Waals surface area contributed by atoms with Crippen molar-refractivity contribution in [2.24, 2.45) is 0 Å². The van der Waals surface area contributed by atoms with Crippen molar-refractivity contribution in [3.8, 4) is 11.5 Å². The zero-order valence-corrected chi connectivity index (χ0v) is 18.4. The summed E-state index contributed by atoms with van der Waals surface area (Å²) < 4.78 is 42.8. The standard InChI is InChI=1S/C24H24F2N2O6/c25-16-4-5-17(18(26)13-16)24(31)27-8-7-23(30)34-14-22(29)28-9-1-2-19(28)15-3-6-20-21(12-15)33-11-10-32-20/h3-6,12-13,19H,1-2,7-11,14H2,(H,27,31). The average molecular weight is 474 g/mol. The summed E-state index contributed by atoms with van der Waals surface area (Å²) >= 11 is 0. The van der Waals surface area contributed by atoms with Crippen molar-refractivity contribution in [2.45, 2.75) is 25.3 Å². The number of amides is 2. The van der Waals surface area contributed by atoms with E-state index >= 15 is 0 Å². The second-order valence-electron chi connectivity index (χ2n) is 7.94. The van der Waals surface area contributed by atoms with Gasteiger partial charge in [0, 0.05) is 19.2 Å². The molecule has 0 spiro atoms. The first-order valence-corrected chi connectivity index (χ1v) is 11.0. The van der Waals surface area contributed by atoms with Gasteiger partial charge in [-0.25, -0.2) is 8.78 Å². The number of halogens is 2. The van der Waals surface area contributed by atoms with Crippen molar-refractivity contribution in [3.05, 3.63) is 59.2 Å². The predicted octanol–water partition coefficient (Wildman–Crippen LogP) is 2.76. The lowest BCUT2D eigenvalue weighted by Gasteiger charge is -2.26. The fourth-order valence-electron chi connectivity index (χ4n) is 4.02. The molecule has 0 aliphatic carbocycles. The summed E-state index contributed by atoms with van der Waals surface area (Å²) in [5, 5.41) is 2.37. The number of hydrogen-bond donors (Lipinski definition) is 1. The number of fused-ring (bicyclic) bond motifs is 1. The van der Waals surface area contributed by atoms with Crippen LogP contribution in [-0.2, 0) is 14.3 Å². The SMILES string of the molecule is O=C(CCNC(=O)c1ccc(F)cc1F)OCC(=O)N1CCCC1c1ccc2c(c1)OCCO2. The van der Waals surface area contributed by atoms with Crippen LogP contribution in [0.3, 0.4) is 0 Å². The van der Waals surface area contributed by atoms with Gasteiger partial charge in [0.1, 0.15) is 24.8 Å². The Bertz CT molecular complexity index is 1090. The first kappa shape index (κ1) is 23.5. The maximum absolute atomic E-state index is 13.6. The Kier molecular flexibility index (Phi) is 7.24. The molecule has 1 N–H and O–H groups in total. The minimum atomic E-state index is -0.996. The normalized spacial score (nSPS) is 16.8. The fourth-order valence-corrected chi connectivity index (χ4v) is 4.02. The number of nitrogens with one attached hydrogen (secondary N) is 1. The minimum Gasteiger partial charge on any atom is -0.486 e. The van der Waals surface area contributed by atoms with E-state index in [9.17, 15) is 23.2 Å². The third-order valence-corrected chi connectivity index (χ3v) is 5.67. The highest BCUT2D eigenvalue weighted by Crippen LogP contribution is 2.38. The molecule has 1 unspecified atom stereocenters. The summed E-state index contributed by atoms with van der Waals surface area (Å²) in [4.78, 5) is 38.3. The third kappa shape index (κ3) is 5.44. The molecule has 4 rings (SSSR count). The van der Waals surface area contributed by atoms with E-state index in [4.69, 9.17) is 14.2 Å². The summed E-state index contributed by atoms with van der Waals surface area (Å²) in [6.07, 6.45) is 1.41. The number of hydrogen-bond acceptors (Lipinski definition) is 6.